The number of aryl methyl sites for hydroxylation is 1. The number of ketones is 1. The van der Waals surface area contributed by atoms with Gasteiger partial charge in [0.05, 0.1) is 26.1 Å². The molecule has 0 spiro atoms. The van der Waals surface area contributed by atoms with Gasteiger partial charge in [0, 0.05) is 30.8 Å². The molecule has 1 N–H and O–H groups in total. The lowest BCUT2D eigenvalue weighted by Gasteiger charge is -2.57. The Bertz CT molecular complexity index is 1280. The Labute approximate surface area is 232 Å². The first-order valence-corrected chi connectivity index (χ1v) is 14.7. The van der Waals surface area contributed by atoms with Crippen molar-refractivity contribution in [3.8, 4) is 11.5 Å². The number of ether oxygens (including phenoxy) is 2. The first kappa shape index (κ1) is 26.4. The molecular weight excluding hydrogens is 488 g/mol. The van der Waals surface area contributed by atoms with Crippen molar-refractivity contribution < 1.29 is 19.4 Å². The van der Waals surface area contributed by atoms with E-state index in [-0.39, 0.29) is 10.8 Å². The van der Waals surface area contributed by atoms with Crippen LogP contribution < -0.4 is 9.47 Å². The molecule has 39 heavy (non-hydrogen) atoms. The second-order valence-corrected chi connectivity index (χ2v) is 12.8. The fourth-order valence-corrected chi connectivity index (χ4v) is 8.51. The molecule has 4 unspecified atom stereocenters. The molecule has 1 aromatic heterocycles. The molecule has 4 aliphatic carbocycles. The Balaban J connectivity index is 1.17. The second kappa shape index (κ2) is 10.3. The fraction of sp³-hybridized carbons (Fsp3) is 0.576. The molecule has 3 fully saturated rings. The smallest absolute Gasteiger partial charge is 0.161 e. The largest absolute Gasteiger partial charge is 0.493 e. The van der Waals surface area contributed by atoms with Crippen LogP contribution in [0.25, 0.3) is 6.08 Å². The number of carbonyl (C=O) groups is 1. The van der Waals surface area contributed by atoms with Crippen molar-refractivity contribution in [3.05, 3.63) is 59.7 Å². The molecule has 6 nitrogen and oxygen atoms in total. The average Bonchev–Trinajstić information content (AvgIpc) is 3.54. The third-order valence-corrected chi connectivity index (χ3v) is 10.7. The molecule has 0 bridgehead atoms. The summed E-state index contributed by atoms with van der Waals surface area (Å²) in [5, 5.41) is 11.6. The van der Waals surface area contributed by atoms with E-state index < -0.39 is 6.10 Å². The molecule has 1 heterocycles. The van der Waals surface area contributed by atoms with Crippen molar-refractivity contribution in [2.45, 2.75) is 77.9 Å². The second-order valence-electron chi connectivity index (χ2n) is 12.8. The zero-order chi connectivity index (χ0) is 27.2. The monoisotopic (exact) mass is 530 g/mol. The van der Waals surface area contributed by atoms with Crippen LogP contribution in [0.2, 0.25) is 0 Å². The maximum absolute atomic E-state index is 12.2. The highest BCUT2D eigenvalue weighted by atomic mass is 16.5. The van der Waals surface area contributed by atoms with Crippen LogP contribution in [0, 0.1) is 28.6 Å². The van der Waals surface area contributed by atoms with E-state index in [1.165, 1.54) is 5.57 Å². The zero-order valence-electron chi connectivity index (χ0n) is 23.6. The molecule has 2 aromatic rings. The molecule has 6 heteroatoms. The van der Waals surface area contributed by atoms with Crippen LogP contribution in [-0.4, -0.2) is 40.3 Å². The number of carbonyl (C=O) groups excluding carboxylic acids is 1. The standard InChI is InChI=1S/C33H42N2O4/c1-32-11-9-25(36)20-24(32)6-7-26-27(32)10-12-33(2)28(26)19-23(31(33)37)17-22-5-8-29(30(18-22)38-3)39-16-4-14-35-15-13-34-21-35/h5,8,13,15,17-18,20-21,26-28,31,37H,4,6-7,9-12,14,16,19H2,1-3H3/b23-17+/t26?,27?,28?,31?,32-,33-/m0/s1. The number of fused-ring (bicyclic) bond motifs is 5. The molecular formula is C33H42N2O4. The number of aromatic nitrogens is 2. The Morgan fingerprint density at radius 1 is 1.15 bits per heavy atom. The Morgan fingerprint density at radius 3 is 2.82 bits per heavy atom. The summed E-state index contributed by atoms with van der Waals surface area (Å²) in [6.45, 7) is 6.20. The summed E-state index contributed by atoms with van der Waals surface area (Å²) in [5.74, 6) is 3.46. The van der Waals surface area contributed by atoms with Crippen molar-refractivity contribution in [2.24, 2.45) is 28.6 Å². The highest BCUT2D eigenvalue weighted by Gasteiger charge is 2.59. The van der Waals surface area contributed by atoms with Crippen LogP contribution in [0.3, 0.4) is 0 Å². The summed E-state index contributed by atoms with van der Waals surface area (Å²) < 4.78 is 13.7. The Hall–Kier alpha value is -2.86. The van der Waals surface area contributed by atoms with Gasteiger partial charge < -0.3 is 19.1 Å². The van der Waals surface area contributed by atoms with Gasteiger partial charge in [-0.1, -0.05) is 31.6 Å². The summed E-state index contributed by atoms with van der Waals surface area (Å²) in [6, 6.07) is 6.07. The van der Waals surface area contributed by atoms with Gasteiger partial charge in [0.2, 0.25) is 0 Å². The van der Waals surface area contributed by atoms with Crippen molar-refractivity contribution in [1.82, 2.24) is 9.55 Å². The van der Waals surface area contributed by atoms with Crippen LogP contribution in [-0.2, 0) is 11.3 Å². The highest BCUT2D eigenvalue weighted by Crippen LogP contribution is 2.66. The number of hydrogen-bond donors (Lipinski definition) is 1. The number of benzene rings is 1. The predicted molar refractivity (Wildman–Crippen MR) is 151 cm³/mol. The summed E-state index contributed by atoms with van der Waals surface area (Å²) in [7, 11) is 1.68. The Kier molecular flexibility index (Phi) is 6.95. The van der Waals surface area contributed by atoms with Crippen LogP contribution >= 0.6 is 0 Å². The summed E-state index contributed by atoms with van der Waals surface area (Å²) in [5.41, 5.74) is 3.64. The topological polar surface area (TPSA) is 73.6 Å². The minimum atomic E-state index is -0.425. The summed E-state index contributed by atoms with van der Waals surface area (Å²) >= 11 is 0. The first-order chi connectivity index (χ1) is 18.8. The number of rotatable bonds is 7. The number of allylic oxidation sites excluding steroid dienone is 1. The molecule has 4 aliphatic rings. The fourth-order valence-electron chi connectivity index (χ4n) is 8.51. The van der Waals surface area contributed by atoms with E-state index in [4.69, 9.17) is 9.47 Å². The molecule has 0 aliphatic heterocycles. The molecule has 6 atom stereocenters. The minimum Gasteiger partial charge on any atom is -0.493 e. The van der Waals surface area contributed by atoms with Gasteiger partial charge in [-0.2, -0.15) is 0 Å². The van der Waals surface area contributed by atoms with Gasteiger partial charge in [-0.25, -0.2) is 4.98 Å². The molecule has 0 amide bonds. The van der Waals surface area contributed by atoms with E-state index in [2.05, 4.69) is 31.0 Å². The molecule has 0 saturated heterocycles. The maximum Gasteiger partial charge on any atom is 0.161 e. The maximum atomic E-state index is 12.2. The predicted octanol–water partition coefficient (Wildman–Crippen LogP) is 6.25. The quantitative estimate of drug-likeness (QED) is 0.429. The van der Waals surface area contributed by atoms with Crippen molar-refractivity contribution in [3.63, 3.8) is 0 Å². The van der Waals surface area contributed by atoms with E-state index in [1.807, 2.05) is 35.3 Å². The number of aliphatic hydroxyl groups excluding tert-OH is 1. The Morgan fingerprint density at radius 2 is 2.03 bits per heavy atom. The van der Waals surface area contributed by atoms with E-state index in [1.54, 1.807) is 13.3 Å². The lowest BCUT2D eigenvalue weighted by molar-refractivity contribution is -0.117. The van der Waals surface area contributed by atoms with E-state index in [0.717, 1.165) is 74.1 Å². The minimum absolute atomic E-state index is 0.0859. The molecule has 3 saturated carbocycles. The van der Waals surface area contributed by atoms with Crippen molar-refractivity contribution in [1.29, 1.82) is 0 Å². The van der Waals surface area contributed by atoms with Gasteiger partial charge in [0.25, 0.3) is 0 Å². The van der Waals surface area contributed by atoms with Crippen LogP contribution in [0.4, 0.5) is 0 Å². The van der Waals surface area contributed by atoms with Gasteiger partial charge in [0.15, 0.2) is 17.3 Å². The number of nitrogens with zero attached hydrogens (tertiary/aromatic N) is 2. The third-order valence-electron chi connectivity index (χ3n) is 10.7. The molecule has 208 valence electrons. The number of imidazole rings is 1. The first-order valence-electron chi connectivity index (χ1n) is 14.7. The van der Waals surface area contributed by atoms with Crippen LogP contribution in [0.15, 0.2) is 54.1 Å². The summed E-state index contributed by atoms with van der Waals surface area (Å²) in [4.78, 5) is 16.2. The van der Waals surface area contributed by atoms with Gasteiger partial charge in [-0.05, 0) is 97.5 Å². The lowest BCUT2D eigenvalue weighted by atomic mass is 9.47. The van der Waals surface area contributed by atoms with Gasteiger partial charge in [-0.15, -0.1) is 0 Å². The zero-order valence-corrected chi connectivity index (χ0v) is 23.6. The van der Waals surface area contributed by atoms with Crippen LogP contribution in [0.1, 0.15) is 70.8 Å². The molecule has 0 radical (unpaired) electrons. The molecule has 6 rings (SSSR count). The van der Waals surface area contributed by atoms with Crippen molar-refractivity contribution in [2.75, 3.05) is 13.7 Å². The van der Waals surface area contributed by atoms with E-state index >= 15 is 0 Å². The number of methoxy groups -OCH3 is 1. The van der Waals surface area contributed by atoms with Crippen LogP contribution in [0.5, 0.6) is 11.5 Å². The summed E-state index contributed by atoms with van der Waals surface area (Å²) in [6.07, 6.45) is 17.2. The van der Waals surface area contributed by atoms with E-state index in [9.17, 15) is 9.90 Å². The third kappa shape index (κ3) is 4.65. The van der Waals surface area contributed by atoms with Gasteiger partial charge in [-0.3, -0.25) is 4.79 Å². The van der Waals surface area contributed by atoms with E-state index in [0.29, 0.717) is 36.6 Å². The lowest BCUT2D eigenvalue weighted by Crippen LogP contribution is -2.51. The SMILES string of the molecule is COc1cc(/C=C2\CC3C4CCC5=CC(=O)CC[C@]5(C)C4CC[C@]3(C)C2O)ccc1OCCCn1ccnc1. The van der Waals surface area contributed by atoms with Crippen molar-refractivity contribution >= 4 is 11.9 Å². The van der Waals surface area contributed by atoms with Gasteiger partial charge >= 0.3 is 0 Å². The normalized spacial score (nSPS) is 34.7. The number of aliphatic hydroxyl groups is 1. The highest BCUT2D eigenvalue weighted by molar-refractivity contribution is 5.91. The number of hydrogen-bond acceptors (Lipinski definition) is 5. The van der Waals surface area contributed by atoms with Gasteiger partial charge in [0.1, 0.15) is 0 Å². The molecule has 1 aromatic carbocycles. The average molecular weight is 531 g/mol.